The first-order chi connectivity index (χ1) is 13.4. The molecule has 1 N–H and O–H groups in total. The van der Waals surface area contributed by atoms with Crippen molar-refractivity contribution in [3.8, 4) is 0 Å². The van der Waals surface area contributed by atoms with E-state index in [2.05, 4.69) is 15.1 Å². The summed E-state index contributed by atoms with van der Waals surface area (Å²) >= 11 is 6.18. The van der Waals surface area contributed by atoms with Gasteiger partial charge in [-0.05, 0) is 64.1 Å². The quantitative estimate of drug-likeness (QED) is 0.666. The van der Waals surface area contributed by atoms with Crippen LogP contribution in [0, 0.1) is 0 Å². The first-order valence-corrected chi connectivity index (χ1v) is 11.7. The molecule has 1 aromatic rings. The Bertz CT molecular complexity index is 788. The number of piperazine rings is 1. The normalized spacial score (nSPS) is 19.8. The summed E-state index contributed by atoms with van der Waals surface area (Å²) in [5.74, 6) is -0.332. The number of carbonyl (C=O) groups excluding carboxylic acids is 1. The Labute approximate surface area is 172 Å². The highest BCUT2D eigenvalue weighted by Crippen LogP contribution is 2.23. The van der Waals surface area contributed by atoms with Crippen LogP contribution in [-0.2, 0) is 10.0 Å². The van der Waals surface area contributed by atoms with Gasteiger partial charge >= 0.3 is 0 Å². The zero-order valence-electron chi connectivity index (χ0n) is 16.4. The first-order valence-electron chi connectivity index (χ1n) is 9.87. The van der Waals surface area contributed by atoms with Crippen LogP contribution in [0.25, 0.3) is 0 Å². The maximum Gasteiger partial charge on any atom is 0.252 e. The van der Waals surface area contributed by atoms with Crippen molar-refractivity contribution in [3.63, 3.8) is 0 Å². The van der Waals surface area contributed by atoms with Crippen molar-refractivity contribution in [2.24, 2.45) is 0 Å². The number of hydrogen-bond donors (Lipinski definition) is 1. The van der Waals surface area contributed by atoms with Gasteiger partial charge in [-0.3, -0.25) is 4.79 Å². The van der Waals surface area contributed by atoms with Crippen molar-refractivity contribution in [3.05, 3.63) is 28.8 Å². The summed E-state index contributed by atoms with van der Waals surface area (Å²) in [6.45, 7) is 6.04. The molecule has 2 saturated heterocycles. The maximum absolute atomic E-state index is 12.9. The topological polar surface area (TPSA) is 73.0 Å². The third kappa shape index (κ3) is 5.24. The predicted octanol–water partition coefficient (Wildman–Crippen LogP) is 1.49. The lowest BCUT2D eigenvalue weighted by molar-refractivity contribution is 0.0952. The fourth-order valence-corrected chi connectivity index (χ4v) is 5.27. The van der Waals surface area contributed by atoms with Gasteiger partial charge in [-0.25, -0.2) is 8.42 Å². The van der Waals surface area contributed by atoms with Gasteiger partial charge in [0, 0.05) is 32.7 Å². The molecule has 0 spiro atoms. The van der Waals surface area contributed by atoms with Crippen LogP contribution in [-0.4, -0.2) is 87.8 Å². The van der Waals surface area contributed by atoms with Gasteiger partial charge in [-0.15, -0.1) is 0 Å². The van der Waals surface area contributed by atoms with Gasteiger partial charge in [0.05, 0.1) is 15.5 Å². The minimum Gasteiger partial charge on any atom is -0.352 e. The summed E-state index contributed by atoms with van der Waals surface area (Å²) in [4.78, 5) is 17.1. The summed E-state index contributed by atoms with van der Waals surface area (Å²) in [7, 11) is -1.66. The molecule has 1 aromatic carbocycles. The number of benzene rings is 1. The third-order valence-electron chi connectivity index (χ3n) is 5.42. The van der Waals surface area contributed by atoms with Crippen LogP contribution < -0.4 is 5.32 Å². The Morgan fingerprint density at radius 2 is 1.79 bits per heavy atom. The summed E-state index contributed by atoms with van der Waals surface area (Å²) in [6.07, 6.45) is 3.36. The van der Waals surface area contributed by atoms with Gasteiger partial charge in [0.15, 0.2) is 0 Å². The smallest absolute Gasteiger partial charge is 0.252 e. The zero-order valence-corrected chi connectivity index (χ0v) is 17.9. The molecule has 0 bridgehead atoms. The maximum atomic E-state index is 12.9. The highest BCUT2D eigenvalue weighted by atomic mass is 35.5. The van der Waals surface area contributed by atoms with E-state index in [1.54, 1.807) is 0 Å². The summed E-state index contributed by atoms with van der Waals surface area (Å²) in [5.41, 5.74) is 0.207. The fraction of sp³-hybridized carbons (Fsp3) is 0.632. The van der Waals surface area contributed by atoms with E-state index in [1.165, 1.54) is 35.3 Å². The first kappa shape index (κ1) is 21.5. The van der Waals surface area contributed by atoms with Gasteiger partial charge in [0.1, 0.15) is 0 Å². The Hall–Kier alpha value is -1.19. The number of sulfonamides is 1. The largest absolute Gasteiger partial charge is 0.352 e. The van der Waals surface area contributed by atoms with Crippen molar-refractivity contribution >= 4 is 27.5 Å². The SMILES string of the molecule is CN1CCN(S(=O)(=O)c2ccc(Cl)c(C(=O)NCCCN3CCCC3)c2)CC1. The molecule has 7 nitrogen and oxygen atoms in total. The molecule has 2 heterocycles. The molecular formula is C19H29ClN4O3S. The molecule has 28 heavy (non-hydrogen) atoms. The highest BCUT2D eigenvalue weighted by molar-refractivity contribution is 7.89. The molecule has 0 aliphatic carbocycles. The number of amides is 1. The van der Waals surface area contributed by atoms with Crippen molar-refractivity contribution in [1.82, 2.24) is 19.4 Å². The number of halogens is 1. The number of likely N-dealkylation sites (tertiary alicyclic amines) is 1. The minimum absolute atomic E-state index is 0.115. The van der Waals surface area contributed by atoms with Crippen LogP contribution in [0.15, 0.2) is 23.1 Å². The molecule has 3 rings (SSSR count). The molecule has 1 amide bonds. The molecular weight excluding hydrogens is 400 g/mol. The van der Waals surface area contributed by atoms with E-state index in [9.17, 15) is 13.2 Å². The predicted molar refractivity (Wildman–Crippen MR) is 110 cm³/mol. The lowest BCUT2D eigenvalue weighted by atomic mass is 10.2. The summed E-state index contributed by atoms with van der Waals surface area (Å²) in [5, 5.41) is 3.12. The number of rotatable bonds is 7. The molecule has 0 saturated carbocycles. The number of nitrogens with zero attached hydrogens (tertiary/aromatic N) is 3. The molecule has 0 unspecified atom stereocenters. The number of nitrogens with one attached hydrogen (secondary N) is 1. The van der Waals surface area contributed by atoms with Crippen LogP contribution in [0.3, 0.4) is 0 Å². The number of carbonyl (C=O) groups is 1. The van der Waals surface area contributed by atoms with Crippen LogP contribution in [0.1, 0.15) is 29.6 Å². The molecule has 2 aliphatic heterocycles. The second-order valence-corrected chi connectivity index (χ2v) is 9.85. The monoisotopic (exact) mass is 428 g/mol. The fourth-order valence-electron chi connectivity index (χ4n) is 3.62. The highest BCUT2D eigenvalue weighted by Gasteiger charge is 2.28. The summed E-state index contributed by atoms with van der Waals surface area (Å²) < 4.78 is 27.3. The van der Waals surface area contributed by atoms with Crippen molar-refractivity contribution < 1.29 is 13.2 Å². The van der Waals surface area contributed by atoms with E-state index in [0.717, 1.165) is 26.1 Å². The van der Waals surface area contributed by atoms with E-state index < -0.39 is 10.0 Å². The van der Waals surface area contributed by atoms with Gasteiger partial charge in [-0.2, -0.15) is 4.31 Å². The van der Waals surface area contributed by atoms with E-state index in [4.69, 9.17) is 11.6 Å². The minimum atomic E-state index is -3.63. The Balaban J connectivity index is 1.62. The van der Waals surface area contributed by atoms with Crippen molar-refractivity contribution in [1.29, 1.82) is 0 Å². The molecule has 2 aliphatic rings. The second-order valence-electron chi connectivity index (χ2n) is 7.51. The molecule has 156 valence electrons. The third-order valence-corrected chi connectivity index (χ3v) is 7.64. The Morgan fingerprint density at radius 3 is 2.46 bits per heavy atom. The standard InChI is InChI=1S/C19H29ClN4O3S/c1-22-11-13-24(14-12-22)28(26,27)16-5-6-18(20)17(15-16)19(25)21-7-4-10-23-8-2-3-9-23/h5-6,15H,2-4,7-14H2,1H3,(H,21,25). The Kier molecular flexibility index (Phi) is 7.33. The van der Waals surface area contributed by atoms with Crippen LogP contribution in [0.4, 0.5) is 0 Å². The van der Waals surface area contributed by atoms with Crippen LogP contribution in [0.2, 0.25) is 5.02 Å². The van der Waals surface area contributed by atoms with Gasteiger partial charge in [0.2, 0.25) is 10.0 Å². The van der Waals surface area contributed by atoms with Gasteiger partial charge < -0.3 is 15.1 Å². The van der Waals surface area contributed by atoms with Crippen molar-refractivity contribution in [2.75, 3.05) is 59.4 Å². The molecule has 0 aromatic heterocycles. The van der Waals surface area contributed by atoms with Crippen molar-refractivity contribution in [2.45, 2.75) is 24.2 Å². The molecule has 0 atom stereocenters. The average molecular weight is 429 g/mol. The molecule has 2 fully saturated rings. The molecule has 0 radical (unpaired) electrons. The van der Waals surface area contributed by atoms with E-state index in [0.29, 0.717) is 32.7 Å². The van der Waals surface area contributed by atoms with E-state index in [-0.39, 0.29) is 21.4 Å². The number of likely N-dealkylation sites (N-methyl/N-ethyl adjacent to an activating group) is 1. The van der Waals surface area contributed by atoms with Crippen LogP contribution >= 0.6 is 11.6 Å². The number of hydrogen-bond acceptors (Lipinski definition) is 5. The van der Waals surface area contributed by atoms with E-state index >= 15 is 0 Å². The van der Waals surface area contributed by atoms with Gasteiger partial charge in [0.25, 0.3) is 5.91 Å². The average Bonchev–Trinajstić information content (AvgIpc) is 3.19. The van der Waals surface area contributed by atoms with E-state index in [1.807, 2.05) is 7.05 Å². The second kappa shape index (κ2) is 9.54. The Morgan fingerprint density at radius 1 is 1.11 bits per heavy atom. The van der Waals surface area contributed by atoms with Crippen LogP contribution in [0.5, 0.6) is 0 Å². The zero-order chi connectivity index (χ0) is 20.1. The molecule has 9 heteroatoms. The summed E-state index contributed by atoms with van der Waals surface area (Å²) in [6, 6.07) is 4.36. The lowest BCUT2D eigenvalue weighted by Crippen LogP contribution is -2.47. The lowest BCUT2D eigenvalue weighted by Gasteiger charge is -2.31. The van der Waals surface area contributed by atoms with Gasteiger partial charge in [-0.1, -0.05) is 11.6 Å².